The minimum atomic E-state index is -0.0684. The number of amides is 1. The van der Waals surface area contributed by atoms with Crippen LogP contribution in [0.3, 0.4) is 0 Å². The molecule has 5 nitrogen and oxygen atoms in total. The van der Waals surface area contributed by atoms with Gasteiger partial charge in [0.2, 0.25) is 5.91 Å². The highest BCUT2D eigenvalue weighted by Crippen LogP contribution is 2.24. The topological polar surface area (TPSA) is 54.5 Å². The van der Waals surface area contributed by atoms with Gasteiger partial charge < -0.3 is 10.1 Å². The summed E-state index contributed by atoms with van der Waals surface area (Å²) in [5.41, 5.74) is 1.71. The van der Waals surface area contributed by atoms with E-state index in [2.05, 4.69) is 23.3 Å². The van der Waals surface area contributed by atoms with E-state index in [1.807, 2.05) is 54.4 Å². The highest BCUT2D eigenvalue weighted by molar-refractivity contribution is 7.18. The molecule has 0 unspecified atom stereocenters. The Balaban J connectivity index is 1.57. The van der Waals surface area contributed by atoms with Gasteiger partial charge >= 0.3 is 0 Å². The third kappa shape index (κ3) is 4.80. The van der Waals surface area contributed by atoms with E-state index in [1.165, 1.54) is 4.70 Å². The lowest BCUT2D eigenvalue weighted by Gasteiger charge is -2.16. The van der Waals surface area contributed by atoms with Crippen LogP contribution < -0.4 is 10.1 Å². The molecule has 2 aromatic carbocycles. The summed E-state index contributed by atoms with van der Waals surface area (Å²) in [4.78, 5) is 19.0. The third-order valence-corrected chi connectivity index (χ3v) is 4.80. The molecule has 0 aliphatic heterocycles. The molecule has 0 radical (unpaired) electrons. The van der Waals surface area contributed by atoms with Crippen molar-refractivity contribution in [2.24, 2.45) is 0 Å². The molecular formula is C20H23N3O2S. The van der Waals surface area contributed by atoms with E-state index >= 15 is 0 Å². The number of nitrogens with one attached hydrogen (secondary N) is 1. The van der Waals surface area contributed by atoms with Crippen molar-refractivity contribution in [3.8, 4) is 5.75 Å². The SMILES string of the molecule is CCCOc1ccccc1NC(=O)CN(C)Cc1nc2ccccc2s1. The Morgan fingerprint density at radius 1 is 1.19 bits per heavy atom. The molecule has 0 spiro atoms. The van der Waals surface area contributed by atoms with Crippen molar-refractivity contribution in [3.63, 3.8) is 0 Å². The van der Waals surface area contributed by atoms with E-state index in [0.29, 0.717) is 24.6 Å². The summed E-state index contributed by atoms with van der Waals surface area (Å²) in [5.74, 6) is 0.637. The average Bonchev–Trinajstić information content (AvgIpc) is 3.02. The second-order valence-corrected chi connectivity index (χ2v) is 7.26. The number of carbonyl (C=O) groups is 1. The summed E-state index contributed by atoms with van der Waals surface area (Å²) in [6, 6.07) is 15.6. The number of para-hydroxylation sites is 3. The molecule has 0 aliphatic carbocycles. The normalized spacial score (nSPS) is 11.0. The molecule has 0 saturated carbocycles. The number of hydrogen-bond donors (Lipinski definition) is 1. The van der Waals surface area contributed by atoms with Crippen molar-refractivity contribution in [1.82, 2.24) is 9.88 Å². The van der Waals surface area contributed by atoms with E-state index in [4.69, 9.17) is 4.74 Å². The van der Waals surface area contributed by atoms with Gasteiger partial charge in [-0.1, -0.05) is 31.2 Å². The number of likely N-dealkylation sites (N-methyl/N-ethyl adjacent to an activating group) is 1. The van der Waals surface area contributed by atoms with Gasteiger partial charge in [-0.2, -0.15) is 0 Å². The van der Waals surface area contributed by atoms with Crippen molar-refractivity contribution >= 4 is 33.1 Å². The first-order valence-electron chi connectivity index (χ1n) is 8.70. The molecule has 0 aliphatic rings. The van der Waals surface area contributed by atoms with Crippen LogP contribution in [0.5, 0.6) is 5.75 Å². The number of nitrogens with zero attached hydrogens (tertiary/aromatic N) is 2. The molecular weight excluding hydrogens is 346 g/mol. The first-order chi connectivity index (χ1) is 12.7. The van der Waals surface area contributed by atoms with Gasteiger partial charge in [0, 0.05) is 0 Å². The lowest BCUT2D eigenvalue weighted by atomic mass is 10.3. The maximum Gasteiger partial charge on any atom is 0.238 e. The zero-order valence-electron chi connectivity index (χ0n) is 15.1. The quantitative estimate of drug-likeness (QED) is 0.648. The Hall–Kier alpha value is -2.44. The maximum absolute atomic E-state index is 12.4. The number of anilines is 1. The van der Waals surface area contributed by atoms with Crippen LogP contribution in [-0.2, 0) is 11.3 Å². The van der Waals surface area contributed by atoms with Crippen LogP contribution in [0.4, 0.5) is 5.69 Å². The monoisotopic (exact) mass is 369 g/mol. The number of aromatic nitrogens is 1. The Morgan fingerprint density at radius 2 is 1.96 bits per heavy atom. The lowest BCUT2D eigenvalue weighted by molar-refractivity contribution is -0.117. The van der Waals surface area contributed by atoms with Gasteiger partial charge in [0.05, 0.1) is 35.6 Å². The van der Waals surface area contributed by atoms with Crippen LogP contribution in [0.1, 0.15) is 18.4 Å². The van der Waals surface area contributed by atoms with Gasteiger partial charge in [-0.3, -0.25) is 9.69 Å². The van der Waals surface area contributed by atoms with Crippen LogP contribution in [0.15, 0.2) is 48.5 Å². The summed E-state index contributed by atoms with van der Waals surface area (Å²) in [7, 11) is 1.92. The Kier molecular flexibility index (Phi) is 6.20. The predicted molar refractivity (Wildman–Crippen MR) is 107 cm³/mol. The lowest BCUT2D eigenvalue weighted by Crippen LogP contribution is -2.29. The Labute approximate surface area is 157 Å². The van der Waals surface area contributed by atoms with Gasteiger partial charge in [-0.05, 0) is 37.7 Å². The van der Waals surface area contributed by atoms with Gasteiger partial charge in [-0.15, -0.1) is 11.3 Å². The molecule has 1 heterocycles. The number of ether oxygens (including phenoxy) is 1. The van der Waals surface area contributed by atoms with Crippen molar-refractivity contribution in [2.45, 2.75) is 19.9 Å². The minimum absolute atomic E-state index is 0.0684. The summed E-state index contributed by atoms with van der Waals surface area (Å²) in [6.45, 7) is 3.61. The fourth-order valence-electron chi connectivity index (χ4n) is 2.62. The molecule has 0 saturated heterocycles. The van der Waals surface area contributed by atoms with Crippen LogP contribution in [0, 0.1) is 0 Å². The maximum atomic E-state index is 12.4. The largest absolute Gasteiger partial charge is 0.491 e. The van der Waals surface area contributed by atoms with Gasteiger partial charge in [-0.25, -0.2) is 4.98 Å². The van der Waals surface area contributed by atoms with Crippen LogP contribution in [-0.4, -0.2) is 36.0 Å². The first kappa shape index (κ1) is 18.4. The Morgan fingerprint density at radius 3 is 2.77 bits per heavy atom. The zero-order valence-corrected chi connectivity index (χ0v) is 15.9. The fourth-order valence-corrected chi connectivity index (χ4v) is 3.66. The summed E-state index contributed by atoms with van der Waals surface area (Å²) in [6.07, 6.45) is 0.924. The van der Waals surface area contributed by atoms with E-state index < -0.39 is 0 Å². The summed E-state index contributed by atoms with van der Waals surface area (Å²) >= 11 is 1.66. The summed E-state index contributed by atoms with van der Waals surface area (Å²) in [5, 5.41) is 3.95. The number of hydrogen-bond acceptors (Lipinski definition) is 5. The van der Waals surface area contributed by atoms with Gasteiger partial charge in [0.15, 0.2) is 0 Å². The molecule has 1 N–H and O–H groups in total. The van der Waals surface area contributed by atoms with E-state index in [1.54, 1.807) is 11.3 Å². The highest BCUT2D eigenvalue weighted by Gasteiger charge is 2.12. The van der Waals surface area contributed by atoms with Crippen molar-refractivity contribution in [1.29, 1.82) is 0 Å². The highest BCUT2D eigenvalue weighted by atomic mass is 32.1. The molecule has 3 rings (SSSR count). The standard InChI is InChI=1S/C20H23N3O2S/c1-3-12-25-17-10-6-4-8-15(17)21-19(24)13-23(2)14-20-22-16-9-5-7-11-18(16)26-20/h4-11H,3,12-14H2,1-2H3,(H,21,24). The molecule has 136 valence electrons. The number of fused-ring (bicyclic) bond motifs is 1. The molecule has 0 atom stereocenters. The van der Waals surface area contributed by atoms with Crippen molar-refractivity contribution in [3.05, 3.63) is 53.5 Å². The van der Waals surface area contributed by atoms with E-state index in [0.717, 1.165) is 16.9 Å². The van der Waals surface area contributed by atoms with E-state index in [-0.39, 0.29) is 12.5 Å². The molecule has 6 heteroatoms. The second-order valence-electron chi connectivity index (χ2n) is 6.14. The molecule has 1 aromatic heterocycles. The van der Waals surface area contributed by atoms with Crippen LogP contribution >= 0.6 is 11.3 Å². The number of thiazole rings is 1. The van der Waals surface area contributed by atoms with Gasteiger partial charge in [0.1, 0.15) is 10.8 Å². The minimum Gasteiger partial charge on any atom is -0.491 e. The fraction of sp³-hybridized carbons (Fsp3) is 0.300. The van der Waals surface area contributed by atoms with Crippen molar-refractivity contribution < 1.29 is 9.53 Å². The van der Waals surface area contributed by atoms with Crippen LogP contribution in [0.25, 0.3) is 10.2 Å². The molecule has 3 aromatic rings. The third-order valence-electron chi connectivity index (χ3n) is 3.78. The second kappa shape index (κ2) is 8.78. The van der Waals surface area contributed by atoms with Gasteiger partial charge in [0.25, 0.3) is 0 Å². The molecule has 26 heavy (non-hydrogen) atoms. The Bertz CT molecular complexity index is 845. The predicted octanol–water partition coefficient (Wildman–Crippen LogP) is 4.16. The number of carbonyl (C=O) groups excluding carboxylic acids is 1. The number of benzene rings is 2. The van der Waals surface area contributed by atoms with Crippen molar-refractivity contribution in [2.75, 3.05) is 25.5 Å². The number of rotatable bonds is 8. The molecule has 1 amide bonds. The zero-order chi connectivity index (χ0) is 18.4. The molecule has 0 fully saturated rings. The first-order valence-corrected chi connectivity index (χ1v) is 9.52. The molecule has 0 bridgehead atoms. The smallest absolute Gasteiger partial charge is 0.238 e. The van der Waals surface area contributed by atoms with E-state index in [9.17, 15) is 4.79 Å². The average molecular weight is 369 g/mol. The van der Waals surface area contributed by atoms with Crippen LogP contribution in [0.2, 0.25) is 0 Å². The summed E-state index contributed by atoms with van der Waals surface area (Å²) < 4.78 is 6.85.